The molecule has 0 spiro atoms. The summed E-state index contributed by atoms with van der Waals surface area (Å²) in [5.74, 6) is 2.10. The molecule has 0 amide bonds. The molecule has 0 aromatic carbocycles. The first-order valence-electron chi connectivity index (χ1n) is 7.19. The Morgan fingerprint density at radius 3 is 1.95 bits per heavy atom. The van der Waals surface area contributed by atoms with Crippen LogP contribution in [0.5, 0.6) is 0 Å². The summed E-state index contributed by atoms with van der Waals surface area (Å²) in [4.78, 5) is 13.7. The van der Waals surface area contributed by atoms with E-state index < -0.39 is 24.9 Å². The molecule has 6 heteroatoms. The molecule has 0 atom stereocenters. The number of hydrogen-bond acceptors (Lipinski definition) is 3. The Labute approximate surface area is 121 Å². The fourth-order valence-corrected chi connectivity index (χ4v) is 16.2. The molecule has 0 radical (unpaired) electrons. The van der Waals surface area contributed by atoms with Crippen molar-refractivity contribution in [1.29, 1.82) is 0 Å². The van der Waals surface area contributed by atoms with Gasteiger partial charge in [-0.15, -0.1) is 0 Å². The van der Waals surface area contributed by atoms with E-state index in [0.717, 1.165) is 17.7 Å². The fourth-order valence-electron chi connectivity index (χ4n) is 3.02. The molecule has 0 unspecified atom stereocenters. The SMILES string of the molecule is C[SiH](C)Cc1ncnc(C([Si](C)(C)C)[Si](C)(C)C)n1. The Kier molecular flexibility index (Phi) is 5.25. The van der Waals surface area contributed by atoms with Gasteiger partial charge in [-0.25, -0.2) is 15.0 Å². The maximum atomic E-state index is 4.83. The van der Waals surface area contributed by atoms with Gasteiger partial charge in [-0.2, -0.15) is 0 Å². The molecule has 19 heavy (non-hydrogen) atoms. The number of aromatic nitrogens is 3. The molecule has 1 rings (SSSR count). The second kappa shape index (κ2) is 5.97. The van der Waals surface area contributed by atoms with Gasteiger partial charge in [0.25, 0.3) is 0 Å². The van der Waals surface area contributed by atoms with Crippen LogP contribution in [-0.2, 0) is 6.04 Å². The minimum absolute atomic E-state index is 0.607. The van der Waals surface area contributed by atoms with E-state index in [1.165, 1.54) is 0 Å². The van der Waals surface area contributed by atoms with Crippen molar-refractivity contribution >= 4 is 24.9 Å². The maximum absolute atomic E-state index is 4.83. The zero-order chi connectivity index (χ0) is 14.8. The van der Waals surface area contributed by atoms with Crippen molar-refractivity contribution in [3.63, 3.8) is 0 Å². The quantitative estimate of drug-likeness (QED) is 0.783. The van der Waals surface area contributed by atoms with E-state index in [1.807, 2.05) is 0 Å². The Morgan fingerprint density at radius 2 is 1.53 bits per heavy atom. The zero-order valence-corrected chi connectivity index (χ0v) is 16.9. The van der Waals surface area contributed by atoms with E-state index in [0.29, 0.717) is 5.16 Å². The highest BCUT2D eigenvalue weighted by molar-refractivity contribution is 6.96. The van der Waals surface area contributed by atoms with Crippen LogP contribution in [0.25, 0.3) is 0 Å². The van der Waals surface area contributed by atoms with Crippen LogP contribution in [0.4, 0.5) is 0 Å². The monoisotopic (exact) mass is 311 g/mol. The molecular weight excluding hydrogens is 282 g/mol. The van der Waals surface area contributed by atoms with Gasteiger partial charge in [-0.3, -0.25) is 0 Å². The van der Waals surface area contributed by atoms with Gasteiger partial charge in [0.15, 0.2) is 0 Å². The molecule has 3 nitrogen and oxygen atoms in total. The Bertz CT molecular complexity index is 408. The maximum Gasteiger partial charge on any atom is 0.130 e. The molecule has 1 aromatic rings. The van der Waals surface area contributed by atoms with Crippen LogP contribution < -0.4 is 0 Å². The predicted molar refractivity (Wildman–Crippen MR) is 91.8 cm³/mol. The van der Waals surface area contributed by atoms with Crippen LogP contribution in [0.15, 0.2) is 6.33 Å². The first-order chi connectivity index (χ1) is 8.51. The largest absolute Gasteiger partial charge is 0.222 e. The number of rotatable bonds is 5. The first-order valence-corrected chi connectivity index (χ1v) is 17.5. The molecule has 0 aliphatic rings. The summed E-state index contributed by atoms with van der Waals surface area (Å²) in [5, 5.41) is 0.607. The van der Waals surface area contributed by atoms with E-state index in [-0.39, 0.29) is 0 Å². The lowest BCUT2D eigenvalue weighted by Crippen LogP contribution is -2.47. The van der Waals surface area contributed by atoms with Crippen LogP contribution in [0.3, 0.4) is 0 Å². The van der Waals surface area contributed by atoms with E-state index in [4.69, 9.17) is 4.98 Å². The van der Waals surface area contributed by atoms with Gasteiger partial charge >= 0.3 is 0 Å². The van der Waals surface area contributed by atoms with Gasteiger partial charge < -0.3 is 0 Å². The predicted octanol–water partition coefficient (Wildman–Crippen LogP) is 3.28. The summed E-state index contributed by atoms with van der Waals surface area (Å²) >= 11 is 0. The van der Waals surface area contributed by atoms with Gasteiger partial charge in [0, 0.05) is 14.0 Å². The first kappa shape index (κ1) is 16.7. The molecule has 0 aliphatic heterocycles. The van der Waals surface area contributed by atoms with Crippen LogP contribution >= 0.6 is 0 Å². The summed E-state index contributed by atoms with van der Waals surface area (Å²) in [6.07, 6.45) is 1.74. The summed E-state index contributed by atoms with van der Waals surface area (Å²) in [6, 6.07) is 1.08. The van der Waals surface area contributed by atoms with Gasteiger partial charge in [0.1, 0.15) is 18.0 Å². The third-order valence-electron chi connectivity index (χ3n) is 3.22. The van der Waals surface area contributed by atoms with Crippen molar-refractivity contribution in [1.82, 2.24) is 15.0 Å². The van der Waals surface area contributed by atoms with Crippen molar-refractivity contribution in [2.24, 2.45) is 0 Å². The Hall–Kier alpha value is -0.339. The normalized spacial score (nSPS) is 13.4. The molecule has 0 saturated heterocycles. The fraction of sp³-hybridized carbons (Fsp3) is 0.769. The van der Waals surface area contributed by atoms with Gasteiger partial charge in [0.05, 0.1) is 16.1 Å². The van der Waals surface area contributed by atoms with Gasteiger partial charge in [-0.05, 0) is 6.04 Å². The standard InChI is InChI=1S/C13H29N3Si3/c1-17(2)9-11-14-10-15-12(16-11)13(18(3,4)5)19(6,7)8/h10,13,17H,9H2,1-8H3. The highest BCUT2D eigenvalue weighted by atomic mass is 28.4. The molecule has 1 heterocycles. The molecular formula is C13H29N3Si3. The third kappa shape index (κ3) is 4.92. The van der Waals surface area contributed by atoms with Crippen molar-refractivity contribution in [2.75, 3.05) is 0 Å². The topological polar surface area (TPSA) is 38.7 Å². The molecule has 108 valence electrons. The second-order valence-corrected chi connectivity index (χ2v) is 22.4. The molecule has 0 fully saturated rings. The average Bonchev–Trinajstić information content (AvgIpc) is 2.11. The Balaban J connectivity index is 3.17. The van der Waals surface area contributed by atoms with Crippen LogP contribution in [0, 0.1) is 0 Å². The van der Waals surface area contributed by atoms with Crippen LogP contribution in [0.1, 0.15) is 16.8 Å². The zero-order valence-electron chi connectivity index (χ0n) is 13.8. The summed E-state index contributed by atoms with van der Waals surface area (Å²) in [6.45, 7) is 19.3. The van der Waals surface area contributed by atoms with Gasteiger partial charge in [-0.1, -0.05) is 52.4 Å². The van der Waals surface area contributed by atoms with Crippen LogP contribution in [-0.4, -0.2) is 39.9 Å². The average molecular weight is 312 g/mol. The van der Waals surface area contributed by atoms with Crippen LogP contribution in [0.2, 0.25) is 52.4 Å². The van der Waals surface area contributed by atoms with E-state index >= 15 is 0 Å². The minimum Gasteiger partial charge on any atom is -0.222 e. The lowest BCUT2D eigenvalue weighted by molar-refractivity contribution is 0.864. The van der Waals surface area contributed by atoms with Crippen molar-refractivity contribution in [3.05, 3.63) is 18.0 Å². The van der Waals surface area contributed by atoms with E-state index in [2.05, 4.69) is 62.3 Å². The highest BCUT2D eigenvalue weighted by Crippen LogP contribution is 2.33. The summed E-state index contributed by atoms with van der Waals surface area (Å²) < 4.78 is 0. The lowest BCUT2D eigenvalue weighted by atomic mass is 10.6. The van der Waals surface area contributed by atoms with E-state index in [9.17, 15) is 0 Å². The van der Waals surface area contributed by atoms with Crippen molar-refractivity contribution in [2.45, 2.75) is 63.6 Å². The van der Waals surface area contributed by atoms with Gasteiger partial charge in [0.2, 0.25) is 0 Å². The Morgan fingerprint density at radius 1 is 1.00 bits per heavy atom. The summed E-state index contributed by atoms with van der Waals surface area (Å²) in [5.41, 5.74) is 0. The smallest absolute Gasteiger partial charge is 0.130 e. The number of hydrogen-bond donors (Lipinski definition) is 0. The van der Waals surface area contributed by atoms with E-state index in [1.54, 1.807) is 6.33 Å². The summed E-state index contributed by atoms with van der Waals surface area (Å²) in [7, 11) is -3.27. The van der Waals surface area contributed by atoms with Crippen molar-refractivity contribution in [3.8, 4) is 0 Å². The number of nitrogens with zero attached hydrogens (tertiary/aromatic N) is 3. The molecule has 0 saturated carbocycles. The molecule has 0 aliphatic carbocycles. The second-order valence-electron chi connectivity index (χ2n) is 8.02. The molecule has 0 N–H and O–H groups in total. The molecule has 0 bridgehead atoms. The lowest BCUT2D eigenvalue weighted by Gasteiger charge is -2.37. The highest BCUT2D eigenvalue weighted by Gasteiger charge is 2.40. The minimum atomic E-state index is -1.31. The third-order valence-corrected chi connectivity index (χ3v) is 13.6. The molecule has 1 aromatic heterocycles. The van der Waals surface area contributed by atoms with Crippen molar-refractivity contribution < 1.29 is 0 Å².